The van der Waals surface area contributed by atoms with E-state index in [1.165, 1.54) is 6.08 Å². The molecule has 0 aliphatic heterocycles. The van der Waals surface area contributed by atoms with Crippen molar-refractivity contribution in [2.45, 2.75) is 6.54 Å². The minimum absolute atomic E-state index is 0.257. The molecule has 0 atom stereocenters. The fraction of sp³-hybridized carbons (Fsp3) is 0.130. The highest BCUT2D eigenvalue weighted by Crippen LogP contribution is 2.28. The molecule has 0 aliphatic carbocycles. The Bertz CT molecular complexity index is 1040. The average molecular weight is 406 g/mol. The first-order valence-corrected chi connectivity index (χ1v) is 9.21. The molecule has 0 bridgehead atoms. The molecule has 1 aromatic heterocycles. The van der Waals surface area contributed by atoms with Crippen molar-refractivity contribution < 1.29 is 23.5 Å². The number of carbonyl (C=O) groups excluding carboxylic acids is 2. The smallest absolute Gasteiger partial charge is 0.253 e. The third-order valence-electron chi connectivity index (χ3n) is 4.27. The Morgan fingerprint density at radius 3 is 2.53 bits per heavy atom. The number of methoxy groups -OCH3 is 2. The van der Waals surface area contributed by atoms with Crippen LogP contribution in [-0.2, 0) is 11.3 Å². The predicted octanol–water partition coefficient (Wildman–Crippen LogP) is 3.88. The molecular formula is C23H22N2O5. The summed E-state index contributed by atoms with van der Waals surface area (Å²) in [5.41, 5.74) is 1.54. The van der Waals surface area contributed by atoms with Crippen molar-refractivity contribution in [2.75, 3.05) is 19.5 Å². The second-order valence-corrected chi connectivity index (χ2v) is 6.24. The van der Waals surface area contributed by atoms with E-state index in [-0.39, 0.29) is 18.4 Å². The molecule has 7 nitrogen and oxygen atoms in total. The van der Waals surface area contributed by atoms with Gasteiger partial charge in [-0.15, -0.1) is 0 Å². The first kappa shape index (κ1) is 20.7. The maximum Gasteiger partial charge on any atom is 0.253 e. The van der Waals surface area contributed by atoms with Crippen molar-refractivity contribution in [3.8, 4) is 11.5 Å². The Morgan fingerprint density at radius 2 is 1.80 bits per heavy atom. The number of carbonyl (C=O) groups is 2. The van der Waals surface area contributed by atoms with Gasteiger partial charge in [0.2, 0.25) is 5.91 Å². The van der Waals surface area contributed by atoms with Crippen LogP contribution in [0.15, 0.2) is 71.4 Å². The minimum atomic E-state index is -0.365. The fourth-order valence-corrected chi connectivity index (χ4v) is 2.77. The van der Waals surface area contributed by atoms with Gasteiger partial charge in [0, 0.05) is 6.08 Å². The molecule has 30 heavy (non-hydrogen) atoms. The van der Waals surface area contributed by atoms with E-state index in [4.69, 9.17) is 13.9 Å². The summed E-state index contributed by atoms with van der Waals surface area (Å²) in [4.78, 5) is 24.9. The number of anilines is 1. The van der Waals surface area contributed by atoms with Gasteiger partial charge in [-0.1, -0.05) is 18.2 Å². The van der Waals surface area contributed by atoms with Gasteiger partial charge in [-0.3, -0.25) is 9.59 Å². The topological polar surface area (TPSA) is 89.8 Å². The number of hydrogen-bond acceptors (Lipinski definition) is 5. The van der Waals surface area contributed by atoms with E-state index in [9.17, 15) is 9.59 Å². The zero-order valence-corrected chi connectivity index (χ0v) is 16.7. The van der Waals surface area contributed by atoms with Gasteiger partial charge >= 0.3 is 0 Å². The van der Waals surface area contributed by atoms with E-state index in [1.54, 1.807) is 81.2 Å². The molecule has 0 aliphatic rings. The first-order valence-electron chi connectivity index (χ1n) is 9.21. The average Bonchev–Trinajstić information content (AvgIpc) is 3.30. The van der Waals surface area contributed by atoms with Gasteiger partial charge in [0.25, 0.3) is 5.91 Å². The lowest BCUT2D eigenvalue weighted by atomic mass is 10.1. The van der Waals surface area contributed by atoms with Crippen molar-refractivity contribution in [1.29, 1.82) is 0 Å². The molecule has 0 unspecified atom stereocenters. The predicted molar refractivity (Wildman–Crippen MR) is 114 cm³/mol. The van der Waals surface area contributed by atoms with Gasteiger partial charge in [0.1, 0.15) is 5.76 Å². The van der Waals surface area contributed by atoms with Crippen molar-refractivity contribution >= 4 is 23.6 Å². The molecule has 0 saturated carbocycles. The van der Waals surface area contributed by atoms with Gasteiger partial charge < -0.3 is 24.5 Å². The summed E-state index contributed by atoms with van der Waals surface area (Å²) in [7, 11) is 3.11. The van der Waals surface area contributed by atoms with Crippen LogP contribution in [0.4, 0.5) is 5.69 Å². The molecule has 0 saturated heterocycles. The van der Waals surface area contributed by atoms with Crippen LogP contribution < -0.4 is 20.1 Å². The Morgan fingerprint density at radius 1 is 1.00 bits per heavy atom. The lowest BCUT2D eigenvalue weighted by Gasteiger charge is -2.10. The number of furan rings is 1. The Hall–Kier alpha value is -4.00. The van der Waals surface area contributed by atoms with Crippen LogP contribution in [0.1, 0.15) is 21.7 Å². The van der Waals surface area contributed by atoms with Gasteiger partial charge in [-0.25, -0.2) is 0 Å². The molecule has 3 rings (SSSR count). The second kappa shape index (κ2) is 9.97. The summed E-state index contributed by atoms with van der Waals surface area (Å²) in [5, 5.41) is 5.51. The number of ether oxygens (including phenoxy) is 2. The molecule has 0 fully saturated rings. The van der Waals surface area contributed by atoms with Gasteiger partial charge in [-0.05, 0) is 48.0 Å². The second-order valence-electron chi connectivity index (χ2n) is 6.24. The van der Waals surface area contributed by atoms with Crippen molar-refractivity contribution in [2.24, 2.45) is 0 Å². The number of hydrogen-bond donors (Lipinski definition) is 2. The normalized spacial score (nSPS) is 10.6. The lowest BCUT2D eigenvalue weighted by molar-refractivity contribution is -0.111. The van der Waals surface area contributed by atoms with Crippen LogP contribution in [-0.4, -0.2) is 26.0 Å². The monoisotopic (exact) mass is 406 g/mol. The van der Waals surface area contributed by atoms with Crippen LogP contribution in [0.2, 0.25) is 0 Å². The van der Waals surface area contributed by atoms with Gasteiger partial charge in [0.15, 0.2) is 11.5 Å². The third kappa shape index (κ3) is 5.29. The molecule has 154 valence electrons. The minimum Gasteiger partial charge on any atom is -0.493 e. The summed E-state index contributed by atoms with van der Waals surface area (Å²) in [6.07, 6.45) is 4.58. The summed E-state index contributed by atoms with van der Waals surface area (Å²) in [6, 6.07) is 15.6. The Labute approximate surface area is 174 Å². The third-order valence-corrected chi connectivity index (χ3v) is 4.27. The molecular weight excluding hydrogens is 384 g/mol. The standard InChI is InChI=1S/C23H22N2O5/c1-28-20-11-9-16(14-21(20)29-2)10-12-22(26)25-19-8-4-3-7-18(19)23(27)24-15-17-6-5-13-30-17/h3-14H,15H2,1-2H3,(H,24,27)(H,25,26)/b12-10+. The van der Waals surface area contributed by atoms with Crippen LogP contribution in [0.25, 0.3) is 6.08 Å². The van der Waals surface area contributed by atoms with E-state index in [0.29, 0.717) is 28.5 Å². The fourth-order valence-electron chi connectivity index (χ4n) is 2.77. The summed E-state index contributed by atoms with van der Waals surface area (Å²) < 4.78 is 15.7. The maximum absolute atomic E-state index is 12.5. The molecule has 0 spiro atoms. The summed E-state index contributed by atoms with van der Waals surface area (Å²) in [5.74, 6) is 1.14. The van der Waals surface area contributed by atoms with E-state index in [2.05, 4.69) is 10.6 Å². The molecule has 3 aromatic rings. The van der Waals surface area contributed by atoms with Crippen LogP contribution in [0.5, 0.6) is 11.5 Å². The number of para-hydroxylation sites is 1. The summed E-state index contributed by atoms with van der Waals surface area (Å²) >= 11 is 0. The van der Waals surface area contributed by atoms with Gasteiger partial charge in [0.05, 0.1) is 38.3 Å². The molecule has 7 heteroatoms. The van der Waals surface area contributed by atoms with Crippen molar-refractivity contribution in [3.63, 3.8) is 0 Å². The van der Waals surface area contributed by atoms with Gasteiger partial charge in [-0.2, -0.15) is 0 Å². The number of rotatable bonds is 8. The molecule has 1 heterocycles. The van der Waals surface area contributed by atoms with Crippen LogP contribution >= 0.6 is 0 Å². The molecule has 2 amide bonds. The number of nitrogens with one attached hydrogen (secondary N) is 2. The largest absolute Gasteiger partial charge is 0.493 e. The molecule has 0 radical (unpaired) electrons. The van der Waals surface area contributed by atoms with E-state index >= 15 is 0 Å². The van der Waals surface area contributed by atoms with Crippen LogP contribution in [0.3, 0.4) is 0 Å². The summed E-state index contributed by atoms with van der Waals surface area (Å²) in [6.45, 7) is 0.257. The SMILES string of the molecule is COc1ccc(/C=C/C(=O)Nc2ccccc2C(=O)NCc2ccco2)cc1OC. The highest BCUT2D eigenvalue weighted by molar-refractivity contribution is 6.07. The van der Waals surface area contributed by atoms with E-state index in [1.807, 2.05) is 0 Å². The molecule has 2 aromatic carbocycles. The number of amides is 2. The van der Waals surface area contributed by atoms with Crippen LogP contribution in [0, 0.1) is 0 Å². The van der Waals surface area contributed by atoms with E-state index < -0.39 is 0 Å². The highest BCUT2D eigenvalue weighted by Gasteiger charge is 2.12. The zero-order valence-electron chi connectivity index (χ0n) is 16.7. The highest BCUT2D eigenvalue weighted by atomic mass is 16.5. The van der Waals surface area contributed by atoms with E-state index in [0.717, 1.165) is 5.56 Å². The maximum atomic E-state index is 12.5. The Kier molecular flexibility index (Phi) is 6.89. The number of benzene rings is 2. The van der Waals surface area contributed by atoms with Crippen molar-refractivity contribution in [3.05, 3.63) is 83.8 Å². The quantitative estimate of drug-likeness (QED) is 0.554. The van der Waals surface area contributed by atoms with Crippen molar-refractivity contribution in [1.82, 2.24) is 5.32 Å². The lowest BCUT2D eigenvalue weighted by Crippen LogP contribution is -2.24. The molecule has 2 N–H and O–H groups in total. The Balaban J connectivity index is 1.66. The zero-order chi connectivity index (χ0) is 21.3. The first-order chi connectivity index (χ1) is 14.6.